The van der Waals surface area contributed by atoms with Crippen LogP contribution in [0.2, 0.25) is 0 Å². The number of fused-ring (bicyclic) bond motifs is 1. The Labute approximate surface area is 159 Å². The van der Waals surface area contributed by atoms with Gasteiger partial charge in [-0.1, -0.05) is 40.2 Å². The third-order valence-electron chi connectivity index (χ3n) is 4.84. The SMILES string of the molecule is Cc1c(C(=O)N[C@@H]2Cc3ccccc3[C@H]2O)cnn1-c1ccc(Br)cc1. The number of nitrogens with zero attached hydrogens (tertiary/aromatic N) is 2. The number of benzene rings is 2. The summed E-state index contributed by atoms with van der Waals surface area (Å²) in [6, 6.07) is 15.2. The lowest BCUT2D eigenvalue weighted by molar-refractivity contribution is 0.0858. The predicted octanol–water partition coefficient (Wildman–Crippen LogP) is 3.33. The Bertz CT molecular complexity index is 965. The van der Waals surface area contributed by atoms with Gasteiger partial charge in [0.25, 0.3) is 5.91 Å². The first-order chi connectivity index (χ1) is 12.5. The number of nitrogens with one attached hydrogen (secondary N) is 1. The van der Waals surface area contributed by atoms with Crippen molar-refractivity contribution in [1.82, 2.24) is 15.1 Å². The summed E-state index contributed by atoms with van der Waals surface area (Å²) in [4.78, 5) is 12.7. The van der Waals surface area contributed by atoms with Gasteiger partial charge in [-0.15, -0.1) is 0 Å². The number of aromatic nitrogens is 2. The summed E-state index contributed by atoms with van der Waals surface area (Å²) in [6.45, 7) is 1.86. The van der Waals surface area contributed by atoms with E-state index >= 15 is 0 Å². The van der Waals surface area contributed by atoms with E-state index in [0.29, 0.717) is 12.0 Å². The molecule has 26 heavy (non-hydrogen) atoms. The van der Waals surface area contributed by atoms with E-state index in [4.69, 9.17) is 0 Å². The standard InChI is InChI=1S/C20H18BrN3O2/c1-12-17(11-22-24(12)15-8-6-14(21)7-9-15)20(26)23-18-10-13-4-2-3-5-16(13)19(18)25/h2-9,11,18-19,25H,10H2,1H3,(H,23,26)/t18-,19-/m1/s1. The lowest BCUT2D eigenvalue weighted by Gasteiger charge is -2.17. The summed E-state index contributed by atoms with van der Waals surface area (Å²) >= 11 is 3.41. The lowest BCUT2D eigenvalue weighted by atomic mass is 10.1. The van der Waals surface area contributed by atoms with Gasteiger partial charge in [-0.2, -0.15) is 5.10 Å². The number of halogens is 1. The number of hydrogen-bond donors (Lipinski definition) is 2. The molecule has 3 aromatic rings. The van der Waals surface area contributed by atoms with Crippen molar-refractivity contribution < 1.29 is 9.90 Å². The van der Waals surface area contributed by atoms with E-state index in [1.54, 1.807) is 10.9 Å². The fraction of sp³-hybridized carbons (Fsp3) is 0.200. The first-order valence-electron chi connectivity index (χ1n) is 8.42. The fourth-order valence-corrected chi connectivity index (χ4v) is 3.69. The van der Waals surface area contributed by atoms with Crippen LogP contribution in [-0.2, 0) is 6.42 Å². The van der Waals surface area contributed by atoms with Crippen molar-refractivity contribution in [3.8, 4) is 5.69 Å². The van der Waals surface area contributed by atoms with Crippen LogP contribution in [0.3, 0.4) is 0 Å². The molecule has 1 aliphatic carbocycles. The molecule has 132 valence electrons. The molecule has 6 heteroatoms. The van der Waals surface area contributed by atoms with Crippen LogP contribution in [0.25, 0.3) is 5.69 Å². The quantitative estimate of drug-likeness (QED) is 0.694. The van der Waals surface area contributed by atoms with Crippen LogP contribution < -0.4 is 5.32 Å². The van der Waals surface area contributed by atoms with Crippen molar-refractivity contribution in [3.63, 3.8) is 0 Å². The molecule has 1 aromatic heterocycles. The van der Waals surface area contributed by atoms with E-state index in [0.717, 1.165) is 27.0 Å². The minimum atomic E-state index is -0.683. The number of aliphatic hydroxyl groups excluding tert-OH is 1. The van der Waals surface area contributed by atoms with Gasteiger partial charge in [0.2, 0.25) is 0 Å². The number of aliphatic hydroxyl groups is 1. The van der Waals surface area contributed by atoms with Crippen LogP contribution >= 0.6 is 15.9 Å². The number of rotatable bonds is 3. The van der Waals surface area contributed by atoms with Gasteiger partial charge in [0.05, 0.1) is 35.3 Å². The van der Waals surface area contributed by atoms with Crippen LogP contribution in [0, 0.1) is 6.92 Å². The molecular weight excluding hydrogens is 394 g/mol. The monoisotopic (exact) mass is 411 g/mol. The third kappa shape index (κ3) is 2.95. The maximum Gasteiger partial charge on any atom is 0.255 e. The number of carbonyl (C=O) groups excluding carboxylic acids is 1. The van der Waals surface area contributed by atoms with Gasteiger partial charge in [0, 0.05) is 4.47 Å². The van der Waals surface area contributed by atoms with Crippen LogP contribution in [0.15, 0.2) is 59.2 Å². The van der Waals surface area contributed by atoms with Crippen LogP contribution in [0.5, 0.6) is 0 Å². The molecule has 2 N–H and O–H groups in total. The maximum absolute atomic E-state index is 12.7. The Morgan fingerprint density at radius 3 is 2.69 bits per heavy atom. The molecule has 1 heterocycles. The van der Waals surface area contributed by atoms with Crippen LogP contribution in [-0.4, -0.2) is 26.8 Å². The highest BCUT2D eigenvalue weighted by atomic mass is 79.9. The average Bonchev–Trinajstić information content (AvgIpc) is 3.17. The molecule has 0 saturated carbocycles. The van der Waals surface area contributed by atoms with Crippen molar-refractivity contribution >= 4 is 21.8 Å². The molecular formula is C20H18BrN3O2. The minimum Gasteiger partial charge on any atom is -0.386 e. The second kappa shape index (κ2) is 6.70. The fourth-order valence-electron chi connectivity index (χ4n) is 3.43. The second-order valence-corrected chi connectivity index (χ2v) is 7.38. The van der Waals surface area contributed by atoms with E-state index in [1.165, 1.54) is 0 Å². The highest BCUT2D eigenvalue weighted by Gasteiger charge is 2.32. The van der Waals surface area contributed by atoms with Crippen LogP contribution in [0.1, 0.15) is 33.3 Å². The van der Waals surface area contributed by atoms with Crippen molar-refractivity contribution in [2.24, 2.45) is 0 Å². The van der Waals surface area contributed by atoms with Crippen molar-refractivity contribution in [2.45, 2.75) is 25.5 Å². The van der Waals surface area contributed by atoms with Gasteiger partial charge < -0.3 is 10.4 Å². The van der Waals surface area contributed by atoms with Gasteiger partial charge in [-0.05, 0) is 48.7 Å². The largest absolute Gasteiger partial charge is 0.386 e. The molecule has 1 aliphatic rings. The van der Waals surface area contributed by atoms with E-state index in [2.05, 4.69) is 26.3 Å². The summed E-state index contributed by atoms with van der Waals surface area (Å²) < 4.78 is 2.72. The van der Waals surface area contributed by atoms with Gasteiger partial charge in [-0.3, -0.25) is 4.79 Å². The summed E-state index contributed by atoms with van der Waals surface area (Å²) in [5.41, 5.74) is 4.12. The average molecular weight is 412 g/mol. The molecule has 5 nitrogen and oxygen atoms in total. The van der Waals surface area contributed by atoms with Crippen molar-refractivity contribution in [2.75, 3.05) is 0 Å². The van der Waals surface area contributed by atoms with Crippen LogP contribution in [0.4, 0.5) is 0 Å². The highest BCUT2D eigenvalue weighted by molar-refractivity contribution is 9.10. The zero-order valence-electron chi connectivity index (χ0n) is 14.2. The number of amides is 1. The molecule has 0 unspecified atom stereocenters. The Balaban J connectivity index is 1.54. The topological polar surface area (TPSA) is 67.2 Å². The zero-order valence-corrected chi connectivity index (χ0v) is 15.8. The summed E-state index contributed by atoms with van der Waals surface area (Å²) in [5, 5.41) is 17.8. The van der Waals surface area contributed by atoms with E-state index < -0.39 is 6.10 Å². The van der Waals surface area contributed by atoms with Crippen molar-refractivity contribution in [3.05, 3.63) is 81.6 Å². The first kappa shape index (κ1) is 17.0. The molecule has 2 aromatic carbocycles. The van der Waals surface area contributed by atoms with Gasteiger partial charge in [-0.25, -0.2) is 4.68 Å². The molecule has 0 saturated heterocycles. The summed E-state index contributed by atoms with van der Waals surface area (Å²) in [7, 11) is 0. The highest BCUT2D eigenvalue weighted by Crippen LogP contribution is 2.31. The summed E-state index contributed by atoms with van der Waals surface area (Å²) in [5.74, 6) is -0.220. The second-order valence-electron chi connectivity index (χ2n) is 6.46. The predicted molar refractivity (Wildman–Crippen MR) is 102 cm³/mol. The Morgan fingerprint density at radius 2 is 1.96 bits per heavy atom. The zero-order chi connectivity index (χ0) is 18.3. The Hall–Kier alpha value is -2.44. The minimum absolute atomic E-state index is 0.220. The normalized spacial score (nSPS) is 18.6. The Morgan fingerprint density at radius 1 is 1.23 bits per heavy atom. The van der Waals surface area contributed by atoms with E-state index in [1.807, 2.05) is 55.5 Å². The molecule has 0 fully saturated rings. The lowest BCUT2D eigenvalue weighted by Crippen LogP contribution is -2.38. The third-order valence-corrected chi connectivity index (χ3v) is 5.37. The number of carbonyl (C=O) groups is 1. The smallest absolute Gasteiger partial charge is 0.255 e. The van der Waals surface area contributed by atoms with E-state index in [9.17, 15) is 9.90 Å². The molecule has 0 aliphatic heterocycles. The first-order valence-corrected chi connectivity index (χ1v) is 9.21. The number of hydrogen-bond acceptors (Lipinski definition) is 3. The van der Waals surface area contributed by atoms with E-state index in [-0.39, 0.29) is 11.9 Å². The Kier molecular flexibility index (Phi) is 4.38. The molecule has 0 spiro atoms. The molecule has 0 radical (unpaired) electrons. The van der Waals surface area contributed by atoms with Gasteiger partial charge in [0.1, 0.15) is 0 Å². The van der Waals surface area contributed by atoms with Crippen molar-refractivity contribution in [1.29, 1.82) is 0 Å². The molecule has 1 amide bonds. The summed E-state index contributed by atoms with van der Waals surface area (Å²) in [6.07, 6.45) is 1.52. The molecule has 2 atom stereocenters. The molecule has 4 rings (SSSR count). The van der Waals surface area contributed by atoms with Gasteiger partial charge in [0.15, 0.2) is 0 Å². The van der Waals surface area contributed by atoms with Gasteiger partial charge >= 0.3 is 0 Å². The maximum atomic E-state index is 12.7. The molecule has 0 bridgehead atoms.